The number of halogens is 3. The third-order valence-electron chi connectivity index (χ3n) is 4.56. The molecular formula is C23H15Cl2FO3. The topological polar surface area (TPSA) is 35.5 Å². The third kappa shape index (κ3) is 4.00. The van der Waals surface area contributed by atoms with Crippen molar-refractivity contribution in [1.82, 2.24) is 0 Å². The van der Waals surface area contributed by atoms with Gasteiger partial charge in [0.05, 0.1) is 10.6 Å². The monoisotopic (exact) mass is 428 g/mol. The average Bonchev–Trinajstić information content (AvgIpc) is 2.99. The number of ether oxygens (including phenoxy) is 2. The van der Waals surface area contributed by atoms with E-state index in [-0.39, 0.29) is 23.7 Å². The van der Waals surface area contributed by atoms with Gasteiger partial charge in [0.25, 0.3) is 0 Å². The van der Waals surface area contributed by atoms with Crippen molar-refractivity contribution < 1.29 is 18.7 Å². The molecule has 1 aliphatic rings. The fourth-order valence-electron chi connectivity index (χ4n) is 3.10. The lowest BCUT2D eigenvalue weighted by molar-refractivity contribution is 0.101. The second-order valence-electron chi connectivity index (χ2n) is 6.59. The molecule has 1 heterocycles. The molecule has 0 bridgehead atoms. The van der Waals surface area contributed by atoms with Gasteiger partial charge in [0.15, 0.2) is 5.76 Å². The molecule has 0 amide bonds. The number of ketones is 1. The molecule has 0 aromatic heterocycles. The van der Waals surface area contributed by atoms with E-state index in [1.54, 1.807) is 55.5 Å². The van der Waals surface area contributed by atoms with Gasteiger partial charge in [-0.3, -0.25) is 4.79 Å². The summed E-state index contributed by atoms with van der Waals surface area (Å²) in [7, 11) is 0. The molecule has 4 rings (SSSR count). The minimum Gasteiger partial charge on any atom is -0.489 e. The SMILES string of the molecule is Cc1cc(OCc2c(F)cccc2Cl)cc2c1C(=O)/C(=C/c1ccc(Cl)cc1)O2. The number of allylic oxidation sites excluding steroid dienone is 1. The normalized spacial score (nSPS) is 14.1. The smallest absolute Gasteiger partial charge is 0.232 e. The van der Waals surface area contributed by atoms with Crippen LogP contribution in [0.1, 0.15) is 27.0 Å². The first-order valence-electron chi connectivity index (χ1n) is 8.82. The summed E-state index contributed by atoms with van der Waals surface area (Å²) in [6, 6.07) is 14.9. The number of fused-ring (bicyclic) bond motifs is 1. The van der Waals surface area contributed by atoms with Crippen molar-refractivity contribution in [2.45, 2.75) is 13.5 Å². The Morgan fingerprint density at radius 2 is 1.86 bits per heavy atom. The van der Waals surface area contributed by atoms with E-state index in [0.717, 1.165) is 5.56 Å². The number of Topliss-reactive ketones (excluding diaryl/α,β-unsaturated/α-hetero) is 1. The van der Waals surface area contributed by atoms with Gasteiger partial charge in [-0.1, -0.05) is 41.4 Å². The summed E-state index contributed by atoms with van der Waals surface area (Å²) in [4.78, 5) is 12.7. The lowest BCUT2D eigenvalue weighted by Gasteiger charge is -2.11. The highest BCUT2D eigenvalue weighted by molar-refractivity contribution is 6.31. The summed E-state index contributed by atoms with van der Waals surface area (Å²) >= 11 is 11.9. The van der Waals surface area contributed by atoms with Gasteiger partial charge in [0.2, 0.25) is 5.78 Å². The number of hydrogen-bond acceptors (Lipinski definition) is 3. The molecule has 0 saturated carbocycles. The minimum atomic E-state index is -0.435. The quantitative estimate of drug-likeness (QED) is 0.437. The zero-order valence-corrected chi connectivity index (χ0v) is 16.9. The van der Waals surface area contributed by atoms with Gasteiger partial charge in [-0.2, -0.15) is 0 Å². The average molecular weight is 429 g/mol. The van der Waals surface area contributed by atoms with Gasteiger partial charge in [0, 0.05) is 16.7 Å². The standard InChI is InChI=1S/C23H15Cl2FO3/c1-13-9-16(28-12-17-18(25)3-2-4-19(17)26)11-20-22(13)23(27)21(29-20)10-14-5-7-15(24)8-6-14/h2-11H,12H2,1H3/b21-10-. The molecule has 0 saturated heterocycles. The Morgan fingerprint density at radius 3 is 2.59 bits per heavy atom. The molecule has 3 nitrogen and oxygen atoms in total. The van der Waals surface area contributed by atoms with Gasteiger partial charge in [-0.15, -0.1) is 0 Å². The molecular weight excluding hydrogens is 414 g/mol. The van der Waals surface area contributed by atoms with Gasteiger partial charge in [0.1, 0.15) is 23.9 Å². The number of hydrogen-bond donors (Lipinski definition) is 0. The maximum Gasteiger partial charge on any atom is 0.232 e. The predicted molar refractivity (Wildman–Crippen MR) is 111 cm³/mol. The van der Waals surface area contributed by atoms with E-state index in [2.05, 4.69) is 0 Å². The summed E-state index contributed by atoms with van der Waals surface area (Å²) in [6.07, 6.45) is 1.66. The van der Waals surface area contributed by atoms with Crippen molar-refractivity contribution in [2.24, 2.45) is 0 Å². The predicted octanol–water partition coefficient (Wildman–Crippen LogP) is 6.64. The zero-order valence-electron chi connectivity index (χ0n) is 15.3. The molecule has 3 aromatic rings. The largest absolute Gasteiger partial charge is 0.489 e. The van der Waals surface area contributed by atoms with Crippen molar-refractivity contribution in [2.75, 3.05) is 0 Å². The Morgan fingerprint density at radius 1 is 1.10 bits per heavy atom. The van der Waals surface area contributed by atoms with Crippen molar-refractivity contribution in [3.8, 4) is 11.5 Å². The van der Waals surface area contributed by atoms with Gasteiger partial charge < -0.3 is 9.47 Å². The number of benzene rings is 3. The molecule has 0 aliphatic carbocycles. The van der Waals surface area contributed by atoms with Crippen LogP contribution in [0.2, 0.25) is 10.0 Å². The van der Waals surface area contributed by atoms with Crippen LogP contribution in [0.4, 0.5) is 4.39 Å². The molecule has 6 heteroatoms. The Bertz CT molecular complexity index is 1120. The molecule has 146 valence electrons. The first kappa shape index (κ1) is 19.5. The van der Waals surface area contributed by atoms with Crippen LogP contribution in [0, 0.1) is 12.7 Å². The maximum absolute atomic E-state index is 13.9. The molecule has 0 atom stereocenters. The first-order valence-corrected chi connectivity index (χ1v) is 9.58. The lowest BCUT2D eigenvalue weighted by Crippen LogP contribution is -2.01. The molecule has 0 spiro atoms. The number of rotatable bonds is 4. The minimum absolute atomic E-state index is 0.0366. The fraction of sp³-hybridized carbons (Fsp3) is 0.0870. The van der Waals surface area contributed by atoms with Crippen LogP contribution in [-0.2, 0) is 6.61 Å². The van der Waals surface area contributed by atoms with E-state index in [9.17, 15) is 9.18 Å². The molecule has 3 aromatic carbocycles. The van der Waals surface area contributed by atoms with E-state index >= 15 is 0 Å². The summed E-state index contributed by atoms with van der Waals surface area (Å²) in [5.74, 6) is 0.455. The number of carbonyl (C=O) groups is 1. The summed E-state index contributed by atoms with van der Waals surface area (Å²) in [6.45, 7) is 1.76. The number of aryl methyl sites for hydroxylation is 1. The van der Waals surface area contributed by atoms with Crippen LogP contribution in [-0.4, -0.2) is 5.78 Å². The summed E-state index contributed by atoms with van der Waals surface area (Å²) < 4.78 is 25.4. The van der Waals surface area contributed by atoms with Crippen molar-refractivity contribution >= 4 is 35.1 Å². The lowest BCUT2D eigenvalue weighted by atomic mass is 10.0. The first-order chi connectivity index (χ1) is 13.9. The van der Waals surface area contributed by atoms with Gasteiger partial charge in [-0.25, -0.2) is 4.39 Å². The maximum atomic E-state index is 13.9. The molecule has 0 fully saturated rings. The second-order valence-corrected chi connectivity index (χ2v) is 7.44. The Balaban J connectivity index is 1.58. The van der Waals surface area contributed by atoms with Gasteiger partial charge in [-0.05, 0) is 54.5 Å². The van der Waals surface area contributed by atoms with Crippen molar-refractivity contribution in [1.29, 1.82) is 0 Å². The van der Waals surface area contributed by atoms with E-state index in [1.807, 2.05) is 0 Å². The van der Waals surface area contributed by atoms with Crippen molar-refractivity contribution in [3.05, 3.63) is 98.5 Å². The van der Waals surface area contributed by atoms with Crippen LogP contribution < -0.4 is 9.47 Å². The zero-order chi connectivity index (χ0) is 20.5. The molecule has 0 radical (unpaired) electrons. The molecule has 1 aliphatic heterocycles. The Labute approximate surface area is 177 Å². The fourth-order valence-corrected chi connectivity index (χ4v) is 3.44. The van der Waals surface area contributed by atoms with Crippen LogP contribution in [0.5, 0.6) is 11.5 Å². The third-order valence-corrected chi connectivity index (χ3v) is 5.16. The summed E-state index contributed by atoms with van der Waals surface area (Å²) in [5, 5.41) is 0.907. The molecule has 29 heavy (non-hydrogen) atoms. The van der Waals surface area contributed by atoms with E-state index in [1.165, 1.54) is 12.1 Å². The number of carbonyl (C=O) groups excluding carboxylic acids is 1. The summed E-state index contributed by atoms with van der Waals surface area (Å²) in [5.41, 5.74) is 2.27. The van der Waals surface area contributed by atoms with Crippen LogP contribution in [0.25, 0.3) is 6.08 Å². The highest BCUT2D eigenvalue weighted by atomic mass is 35.5. The highest BCUT2D eigenvalue weighted by Gasteiger charge is 2.30. The highest BCUT2D eigenvalue weighted by Crippen LogP contribution is 2.38. The van der Waals surface area contributed by atoms with Crippen LogP contribution in [0.15, 0.2) is 60.4 Å². The van der Waals surface area contributed by atoms with Crippen LogP contribution in [0.3, 0.4) is 0 Å². The molecule has 0 N–H and O–H groups in total. The van der Waals surface area contributed by atoms with Crippen molar-refractivity contribution in [3.63, 3.8) is 0 Å². The molecule has 0 unspecified atom stereocenters. The van der Waals surface area contributed by atoms with E-state index in [4.69, 9.17) is 32.7 Å². The Hall–Kier alpha value is -2.82. The van der Waals surface area contributed by atoms with E-state index < -0.39 is 5.82 Å². The Kier molecular flexibility index (Phi) is 5.31. The van der Waals surface area contributed by atoms with Crippen LogP contribution >= 0.6 is 23.2 Å². The second kappa shape index (κ2) is 7.90. The van der Waals surface area contributed by atoms with E-state index in [0.29, 0.717) is 32.7 Å². The van der Waals surface area contributed by atoms with Gasteiger partial charge >= 0.3 is 0 Å².